The topological polar surface area (TPSA) is 92.6 Å². The molecule has 1 aliphatic heterocycles. The van der Waals surface area contributed by atoms with Crippen LogP contribution in [0.4, 0.5) is 0 Å². The van der Waals surface area contributed by atoms with Gasteiger partial charge in [-0.05, 0) is 25.3 Å². The van der Waals surface area contributed by atoms with Crippen LogP contribution in [0.25, 0.3) is 10.8 Å². The second-order valence-corrected chi connectivity index (χ2v) is 9.97. The maximum absolute atomic E-state index is 13.3. The molecule has 0 saturated carbocycles. The van der Waals surface area contributed by atoms with E-state index in [0.717, 1.165) is 19.3 Å². The molecule has 3 rings (SSSR count). The molecule has 0 spiro atoms. The number of sulfonamides is 1. The predicted molar refractivity (Wildman–Crippen MR) is 117 cm³/mol. The van der Waals surface area contributed by atoms with Crippen LogP contribution in [0.15, 0.2) is 29.1 Å². The first-order valence-electron chi connectivity index (χ1n) is 10.5. The standard InChI is InChI=1S/C21H30N4O4S/c1-4-5-8-13-25-20(26)18-10-7-6-9-17(18)19(22-25)21(27)24-14-11-16(12-15-24)23(2)30(3,28)29/h6-7,9-10,16H,4-5,8,11-15H2,1-3H3. The summed E-state index contributed by atoms with van der Waals surface area (Å²) in [6.45, 7) is 3.48. The van der Waals surface area contributed by atoms with Gasteiger partial charge in [0.1, 0.15) is 0 Å². The minimum absolute atomic E-state index is 0.114. The lowest BCUT2D eigenvalue weighted by Crippen LogP contribution is -2.47. The largest absolute Gasteiger partial charge is 0.337 e. The molecule has 1 aromatic carbocycles. The Kier molecular flexibility index (Phi) is 6.92. The Labute approximate surface area is 177 Å². The van der Waals surface area contributed by atoms with E-state index in [1.165, 1.54) is 15.2 Å². The molecular weight excluding hydrogens is 404 g/mol. The van der Waals surface area contributed by atoms with Crippen LogP contribution in [-0.2, 0) is 16.6 Å². The first-order chi connectivity index (χ1) is 14.2. The summed E-state index contributed by atoms with van der Waals surface area (Å²) in [5.41, 5.74) is 0.114. The van der Waals surface area contributed by atoms with Gasteiger partial charge in [-0.1, -0.05) is 38.0 Å². The molecule has 2 aromatic rings. The van der Waals surface area contributed by atoms with Crippen molar-refractivity contribution in [3.8, 4) is 0 Å². The van der Waals surface area contributed by atoms with Crippen LogP contribution in [0.3, 0.4) is 0 Å². The van der Waals surface area contributed by atoms with E-state index in [-0.39, 0.29) is 23.2 Å². The van der Waals surface area contributed by atoms with Crippen molar-refractivity contribution in [2.75, 3.05) is 26.4 Å². The zero-order valence-electron chi connectivity index (χ0n) is 17.9. The highest BCUT2D eigenvalue weighted by Gasteiger charge is 2.30. The van der Waals surface area contributed by atoms with Crippen molar-refractivity contribution in [1.82, 2.24) is 19.0 Å². The van der Waals surface area contributed by atoms with Gasteiger partial charge in [0.2, 0.25) is 10.0 Å². The van der Waals surface area contributed by atoms with Crippen LogP contribution < -0.4 is 5.56 Å². The zero-order chi connectivity index (χ0) is 21.9. The Morgan fingerprint density at radius 3 is 2.40 bits per heavy atom. The highest BCUT2D eigenvalue weighted by atomic mass is 32.2. The lowest BCUT2D eigenvalue weighted by molar-refractivity contribution is 0.0680. The number of nitrogens with zero attached hydrogens (tertiary/aromatic N) is 4. The van der Waals surface area contributed by atoms with Gasteiger partial charge in [0, 0.05) is 38.1 Å². The summed E-state index contributed by atoms with van der Waals surface area (Å²) in [5.74, 6) is -0.212. The van der Waals surface area contributed by atoms with Crippen LogP contribution in [0.1, 0.15) is 49.5 Å². The fourth-order valence-electron chi connectivity index (χ4n) is 3.91. The van der Waals surface area contributed by atoms with Crippen LogP contribution in [0.5, 0.6) is 0 Å². The third-order valence-corrected chi connectivity index (χ3v) is 7.18. The lowest BCUT2D eigenvalue weighted by atomic mass is 10.0. The molecule has 0 bridgehead atoms. The van der Waals surface area contributed by atoms with Gasteiger partial charge in [0.15, 0.2) is 5.69 Å². The van der Waals surface area contributed by atoms with Gasteiger partial charge >= 0.3 is 0 Å². The molecule has 30 heavy (non-hydrogen) atoms. The Balaban J connectivity index is 1.86. The molecule has 1 fully saturated rings. The smallest absolute Gasteiger partial charge is 0.274 e. The minimum atomic E-state index is -3.26. The fourth-order valence-corrected chi connectivity index (χ4v) is 4.66. The van der Waals surface area contributed by atoms with Crippen molar-refractivity contribution in [3.05, 3.63) is 40.3 Å². The second-order valence-electron chi connectivity index (χ2n) is 7.93. The number of benzene rings is 1. The molecule has 0 unspecified atom stereocenters. The van der Waals surface area contributed by atoms with Crippen LogP contribution in [0, 0.1) is 0 Å². The molecular formula is C21H30N4O4S. The summed E-state index contributed by atoms with van der Waals surface area (Å²) in [6.07, 6.45) is 5.20. The number of amides is 1. The third-order valence-electron chi connectivity index (χ3n) is 5.83. The van der Waals surface area contributed by atoms with E-state index in [4.69, 9.17) is 0 Å². The molecule has 164 valence electrons. The molecule has 0 atom stereocenters. The normalized spacial score (nSPS) is 15.8. The molecule has 0 radical (unpaired) electrons. The second kappa shape index (κ2) is 9.26. The van der Waals surface area contributed by atoms with Gasteiger partial charge in [0.05, 0.1) is 11.6 Å². The maximum atomic E-state index is 13.3. The number of piperidine rings is 1. The molecule has 1 aliphatic rings. The lowest BCUT2D eigenvalue weighted by Gasteiger charge is -2.35. The number of hydrogen-bond donors (Lipinski definition) is 0. The van der Waals surface area contributed by atoms with Crippen LogP contribution >= 0.6 is 0 Å². The van der Waals surface area contributed by atoms with E-state index in [1.807, 2.05) is 0 Å². The summed E-state index contributed by atoms with van der Waals surface area (Å²) in [6, 6.07) is 6.98. The van der Waals surface area contributed by atoms with Crippen molar-refractivity contribution in [2.45, 2.75) is 51.6 Å². The molecule has 1 aromatic heterocycles. The van der Waals surface area contributed by atoms with Gasteiger partial charge < -0.3 is 4.90 Å². The summed E-state index contributed by atoms with van der Waals surface area (Å²) in [5, 5.41) is 5.51. The number of fused-ring (bicyclic) bond motifs is 1. The zero-order valence-corrected chi connectivity index (χ0v) is 18.7. The number of hydrogen-bond acceptors (Lipinski definition) is 5. The van der Waals surface area contributed by atoms with Gasteiger partial charge in [-0.3, -0.25) is 9.59 Å². The molecule has 2 heterocycles. The summed E-state index contributed by atoms with van der Waals surface area (Å²) < 4.78 is 26.4. The molecule has 1 saturated heterocycles. The molecule has 0 N–H and O–H groups in total. The fraction of sp³-hybridized carbons (Fsp3) is 0.571. The van der Waals surface area contributed by atoms with Crippen molar-refractivity contribution in [1.29, 1.82) is 0 Å². The summed E-state index contributed by atoms with van der Waals surface area (Å²) in [4.78, 5) is 27.8. The SMILES string of the molecule is CCCCCn1nc(C(=O)N2CCC(N(C)S(C)(=O)=O)CC2)c2ccccc2c1=O. The van der Waals surface area contributed by atoms with E-state index in [9.17, 15) is 18.0 Å². The van der Waals surface area contributed by atoms with Gasteiger partial charge in [-0.15, -0.1) is 0 Å². The first kappa shape index (κ1) is 22.4. The highest BCUT2D eigenvalue weighted by molar-refractivity contribution is 7.88. The van der Waals surface area contributed by atoms with Gasteiger partial charge in [0.25, 0.3) is 11.5 Å². The van der Waals surface area contributed by atoms with Crippen LogP contribution in [-0.4, -0.2) is 65.7 Å². The van der Waals surface area contributed by atoms with Crippen LogP contribution in [0.2, 0.25) is 0 Å². The summed E-state index contributed by atoms with van der Waals surface area (Å²) in [7, 11) is -1.68. The number of likely N-dealkylation sites (tertiary alicyclic amines) is 1. The Morgan fingerprint density at radius 2 is 1.80 bits per heavy atom. The average molecular weight is 435 g/mol. The summed E-state index contributed by atoms with van der Waals surface area (Å²) >= 11 is 0. The van der Waals surface area contributed by atoms with Gasteiger partial charge in [-0.25, -0.2) is 17.4 Å². The number of aromatic nitrogens is 2. The Morgan fingerprint density at radius 1 is 1.17 bits per heavy atom. The van der Waals surface area contributed by atoms with E-state index < -0.39 is 10.0 Å². The predicted octanol–water partition coefficient (Wildman–Crippen LogP) is 2.08. The Bertz CT molecular complexity index is 1070. The molecule has 8 nitrogen and oxygen atoms in total. The molecule has 0 aliphatic carbocycles. The van der Waals surface area contributed by atoms with Gasteiger partial charge in [-0.2, -0.15) is 5.10 Å². The number of carbonyl (C=O) groups is 1. The first-order valence-corrected chi connectivity index (χ1v) is 12.3. The highest BCUT2D eigenvalue weighted by Crippen LogP contribution is 2.21. The van der Waals surface area contributed by atoms with Crippen molar-refractivity contribution in [2.24, 2.45) is 0 Å². The van der Waals surface area contributed by atoms with Crippen molar-refractivity contribution in [3.63, 3.8) is 0 Å². The van der Waals surface area contributed by atoms with E-state index in [1.54, 1.807) is 36.2 Å². The maximum Gasteiger partial charge on any atom is 0.274 e. The quantitative estimate of drug-likeness (QED) is 0.622. The molecule has 9 heteroatoms. The van der Waals surface area contributed by atoms with E-state index in [0.29, 0.717) is 43.2 Å². The van der Waals surface area contributed by atoms with E-state index >= 15 is 0 Å². The van der Waals surface area contributed by atoms with E-state index in [2.05, 4.69) is 12.0 Å². The number of aryl methyl sites for hydroxylation is 1. The number of unbranched alkanes of at least 4 members (excludes halogenated alkanes) is 2. The number of carbonyl (C=O) groups excluding carboxylic acids is 1. The minimum Gasteiger partial charge on any atom is -0.337 e. The Hall–Kier alpha value is -2.26. The van der Waals surface area contributed by atoms with Crippen molar-refractivity contribution >= 4 is 26.7 Å². The monoisotopic (exact) mass is 434 g/mol. The number of rotatable bonds is 7. The van der Waals surface area contributed by atoms with Crippen molar-refractivity contribution < 1.29 is 13.2 Å². The average Bonchev–Trinajstić information content (AvgIpc) is 2.74. The third kappa shape index (κ3) is 4.73. The molecule has 1 amide bonds.